The van der Waals surface area contributed by atoms with Crippen LogP contribution in [0.5, 0.6) is 0 Å². The molecule has 2 amide bonds. The van der Waals surface area contributed by atoms with E-state index in [-0.39, 0.29) is 30.6 Å². The van der Waals surface area contributed by atoms with E-state index in [0.717, 1.165) is 6.42 Å². The number of fused-ring (bicyclic) bond motifs is 1. The average Bonchev–Trinajstić information content (AvgIpc) is 2.99. The van der Waals surface area contributed by atoms with E-state index in [4.69, 9.17) is 9.26 Å². The summed E-state index contributed by atoms with van der Waals surface area (Å²) in [6, 6.07) is 1.60. The van der Waals surface area contributed by atoms with Crippen LogP contribution in [0.2, 0.25) is 0 Å². The lowest BCUT2D eigenvalue weighted by Crippen LogP contribution is -2.61. The summed E-state index contributed by atoms with van der Waals surface area (Å²) >= 11 is 0. The minimum Gasteiger partial charge on any atom is -0.366 e. The quantitative estimate of drug-likeness (QED) is 0.784. The van der Waals surface area contributed by atoms with Crippen LogP contribution in [0.3, 0.4) is 0 Å². The second-order valence-electron chi connectivity index (χ2n) is 5.49. The van der Waals surface area contributed by atoms with Gasteiger partial charge >= 0.3 is 0 Å². The first-order valence-electron chi connectivity index (χ1n) is 7.22. The second-order valence-corrected chi connectivity index (χ2v) is 5.49. The molecular formula is C14H19N3O4. The lowest BCUT2D eigenvalue weighted by atomic mass is 9.98. The summed E-state index contributed by atoms with van der Waals surface area (Å²) in [4.78, 5) is 27.6. The SMILES string of the molecule is CCc1cc(C(=O)N2CC[C@H]3OCC(=O)N(C)[C@H]3C2)no1. The molecule has 114 valence electrons. The molecule has 2 fully saturated rings. The Bertz CT molecular complexity index is 556. The normalized spacial score (nSPS) is 25.9. The predicted octanol–water partition coefficient (Wildman–Crippen LogP) is 0.309. The van der Waals surface area contributed by atoms with Crippen molar-refractivity contribution in [2.75, 3.05) is 26.7 Å². The summed E-state index contributed by atoms with van der Waals surface area (Å²) in [6.07, 6.45) is 1.45. The van der Waals surface area contributed by atoms with Crippen LogP contribution < -0.4 is 0 Å². The van der Waals surface area contributed by atoms with Crippen molar-refractivity contribution in [3.63, 3.8) is 0 Å². The van der Waals surface area contributed by atoms with E-state index >= 15 is 0 Å². The summed E-state index contributed by atoms with van der Waals surface area (Å²) in [5.41, 5.74) is 0.330. The Labute approximate surface area is 122 Å². The Morgan fingerprint density at radius 2 is 2.33 bits per heavy atom. The van der Waals surface area contributed by atoms with Crippen LogP contribution in [0.4, 0.5) is 0 Å². The van der Waals surface area contributed by atoms with Crippen LogP contribution in [0.25, 0.3) is 0 Å². The van der Waals surface area contributed by atoms with Gasteiger partial charge in [-0.05, 0) is 6.42 Å². The Morgan fingerprint density at radius 3 is 3.05 bits per heavy atom. The number of carbonyl (C=O) groups is 2. The fourth-order valence-electron chi connectivity index (χ4n) is 2.87. The van der Waals surface area contributed by atoms with Crippen molar-refractivity contribution in [1.29, 1.82) is 0 Å². The third kappa shape index (κ3) is 2.53. The van der Waals surface area contributed by atoms with Gasteiger partial charge < -0.3 is 19.1 Å². The van der Waals surface area contributed by atoms with Gasteiger partial charge in [-0.3, -0.25) is 9.59 Å². The topological polar surface area (TPSA) is 75.9 Å². The molecule has 7 heteroatoms. The van der Waals surface area contributed by atoms with Crippen molar-refractivity contribution in [2.45, 2.75) is 31.9 Å². The third-order valence-electron chi connectivity index (χ3n) is 4.25. The Kier molecular flexibility index (Phi) is 3.67. The number of amides is 2. The van der Waals surface area contributed by atoms with Crippen molar-refractivity contribution in [1.82, 2.24) is 15.0 Å². The minimum absolute atomic E-state index is 0.0141. The molecule has 0 unspecified atom stereocenters. The first kappa shape index (κ1) is 14.1. The summed E-state index contributed by atoms with van der Waals surface area (Å²) in [7, 11) is 1.77. The van der Waals surface area contributed by atoms with Gasteiger partial charge in [0.05, 0.1) is 12.1 Å². The van der Waals surface area contributed by atoms with E-state index in [1.807, 2.05) is 6.92 Å². The zero-order valence-corrected chi connectivity index (χ0v) is 12.2. The number of ether oxygens (including phenoxy) is 1. The van der Waals surface area contributed by atoms with E-state index in [0.29, 0.717) is 31.0 Å². The standard InChI is InChI=1S/C14H19N3O4/c1-3-9-6-10(15-21-9)14(19)17-5-4-12-11(7-17)16(2)13(18)8-20-12/h6,11-12H,3-5,7-8H2,1-2H3/t11-,12+/m0/s1. The molecule has 7 nitrogen and oxygen atoms in total. The first-order chi connectivity index (χ1) is 10.1. The fourth-order valence-corrected chi connectivity index (χ4v) is 2.87. The maximum atomic E-state index is 12.5. The summed E-state index contributed by atoms with van der Waals surface area (Å²) < 4.78 is 10.6. The Hall–Kier alpha value is -1.89. The molecule has 0 bridgehead atoms. The van der Waals surface area contributed by atoms with E-state index in [1.165, 1.54) is 0 Å². The van der Waals surface area contributed by atoms with Crippen LogP contribution >= 0.6 is 0 Å². The highest BCUT2D eigenvalue weighted by atomic mass is 16.5. The van der Waals surface area contributed by atoms with E-state index in [9.17, 15) is 9.59 Å². The minimum atomic E-state index is -0.150. The van der Waals surface area contributed by atoms with Crippen LogP contribution in [-0.4, -0.2) is 65.7 Å². The van der Waals surface area contributed by atoms with Crippen LogP contribution in [0.1, 0.15) is 29.6 Å². The molecule has 3 rings (SSSR count). The number of aryl methyl sites for hydroxylation is 1. The molecule has 2 saturated heterocycles. The first-order valence-corrected chi connectivity index (χ1v) is 7.22. The van der Waals surface area contributed by atoms with Crippen molar-refractivity contribution < 1.29 is 18.8 Å². The third-order valence-corrected chi connectivity index (χ3v) is 4.25. The fraction of sp³-hybridized carbons (Fsp3) is 0.643. The molecule has 2 atom stereocenters. The van der Waals surface area contributed by atoms with Gasteiger partial charge in [-0.1, -0.05) is 12.1 Å². The number of aromatic nitrogens is 1. The van der Waals surface area contributed by atoms with Crippen LogP contribution in [0.15, 0.2) is 10.6 Å². The molecule has 0 radical (unpaired) electrons. The van der Waals surface area contributed by atoms with Crippen LogP contribution in [0, 0.1) is 0 Å². The number of nitrogens with zero attached hydrogens (tertiary/aromatic N) is 3. The lowest BCUT2D eigenvalue weighted by molar-refractivity contribution is -0.159. The number of carbonyl (C=O) groups excluding carboxylic acids is 2. The lowest BCUT2D eigenvalue weighted by Gasteiger charge is -2.45. The average molecular weight is 293 g/mol. The smallest absolute Gasteiger partial charge is 0.276 e. The summed E-state index contributed by atoms with van der Waals surface area (Å²) in [6.45, 7) is 3.16. The van der Waals surface area contributed by atoms with E-state index in [1.54, 1.807) is 22.9 Å². The van der Waals surface area contributed by atoms with Gasteiger partial charge in [0, 0.05) is 32.6 Å². The number of piperidine rings is 1. The molecule has 2 aliphatic rings. The highest BCUT2D eigenvalue weighted by molar-refractivity contribution is 5.92. The van der Waals surface area contributed by atoms with Gasteiger partial charge in [-0.25, -0.2) is 0 Å². The van der Waals surface area contributed by atoms with Gasteiger partial charge in [-0.2, -0.15) is 0 Å². The molecule has 0 N–H and O–H groups in total. The molecule has 2 aliphatic heterocycles. The molecule has 3 heterocycles. The maximum Gasteiger partial charge on any atom is 0.276 e. The Morgan fingerprint density at radius 1 is 1.52 bits per heavy atom. The predicted molar refractivity (Wildman–Crippen MR) is 72.7 cm³/mol. The number of hydrogen-bond acceptors (Lipinski definition) is 5. The number of morpholine rings is 1. The molecule has 21 heavy (non-hydrogen) atoms. The van der Waals surface area contributed by atoms with Crippen molar-refractivity contribution in [2.24, 2.45) is 0 Å². The molecular weight excluding hydrogens is 274 g/mol. The summed E-state index contributed by atoms with van der Waals surface area (Å²) in [5.74, 6) is 0.505. The molecule has 0 aromatic carbocycles. The number of likely N-dealkylation sites (tertiary alicyclic amines) is 1. The Balaban J connectivity index is 1.72. The molecule has 0 saturated carbocycles. The number of hydrogen-bond donors (Lipinski definition) is 0. The van der Waals surface area contributed by atoms with Gasteiger partial charge in [0.1, 0.15) is 12.4 Å². The zero-order chi connectivity index (χ0) is 15.0. The number of likely N-dealkylation sites (N-methyl/N-ethyl adjacent to an activating group) is 1. The highest BCUT2D eigenvalue weighted by Gasteiger charge is 2.40. The van der Waals surface area contributed by atoms with Gasteiger partial charge in [0.15, 0.2) is 5.69 Å². The van der Waals surface area contributed by atoms with E-state index in [2.05, 4.69) is 5.16 Å². The van der Waals surface area contributed by atoms with Gasteiger partial charge in [0.25, 0.3) is 5.91 Å². The molecule has 1 aromatic rings. The van der Waals surface area contributed by atoms with E-state index < -0.39 is 0 Å². The van der Waals surface area contributed by atoms with Gasteiger partial charge in [0.2, 0.25) is 5.91 Å². The monoisotopic (exact) mass is 293 g/mol. The zero-order valence-electron chi connectivity index (χ0n) is 12.2. The maximum absolute atomic E-state index is 12.5. The number of rotatable bonds is 2. The summed E-state index contributed by atoms with van der Waals surface area (Å²) in [5, 5.41) is 3.82. The molecule has 0 aliphatic carbocycles. The van der Waals surface area contributed by atoms with Crippen molar-refractivity contribution >= 4 is 11.8 Å². The van der Waals surface area contributed by atoms with Gasteiger partial charge in [-0.15, -0.1) is 0 Å². The van der Waals surface area contributed by atoms with Crippen molar-refractivity contribution in [3.05, 3.63) is 17.5 Å². The largest absolute Gasteiger partial charge is 0.366 e. The van der Waals surface area contributed by atoms with Crippen molar-refractivity contribution in [3.8, 4) is 0 Å². The second kappa shape index (κ2) is 5.48. The molecule has 0 spiro atoms. The highest BCUT2D eigenvalue weighted by Crippen LogP contribution is 2.23. The molecule has 1 aromatic heterocycles. The van der Waals surface area contributed by atoms with Crippen LogP contribution in [-0.2, 0) is 16.0 Å².